The first-order chi connectivity index (χ1) is 7.22. The first-order valence-electron chi connectivity index (χ1n) is 4.60. The maximum Gasteiger partial charge on any atom is 0.252 e. The van der Waals surface area contributed by atoms with E-state index in [9.17, 15) is 4.79 Å². The van der Waals surface area contributed by atoms with Gasteiger partial charge in [0.05, 0.1) is 13.2 Å². The quantitative estimate of drug-likeness (QED) is 0.219. The fourth-order valence-corrected chi connectivity index (χ4v) is 0.960. The first-order valence-corrected chi connectivity index (χ1v) is 4.98. The number of carbonyl (C=O) groups excluding carboxylic acids is 1. The molecule has 0 saturated carbocycles. The van der Waals surface area contributed by atoms with Crippen LogP contribution in [0.4, 0.5) is 0 Å². The van der Waals surface area contributed by atoms with Crippen molar-refractivity contribution in [2.24, 2.45) is 0 Å². The van der Waals surface area contributed by atoms with Gasteiger partial charge in [0.2, 0.25) is 0 Å². The lowest BCUT2D eigenvalue weighted by molar-refractivity contribution is -0.108. The molecule has 0 saturated heterocycles. The van der Waals surface area contributed by atoms with Gasteiger partial charge in [-0.15, -0.1) is 6.58 Å². The summed E-state index contributed by atoms with van der Waals surface area (Å²) in [5.41, 5.74) is 0.480. The fourth-order valence-electron chi connectivity index (χ4n) is 0.788. The summed E-state index contributed by atoms with van der Waals surface area (Å²) in [5.74, 6) is 0. The molecule has 0 aromatic rings. The summed E-state index contributed by atoms with van der Waals surface area (Å²) in [7, 11) is 0. The van der Waals surface area contributed by atoms with Crippen molar-refractivity contribution in [1.29, 1.82) is 0 Å². The maximum absolute atomic E-state index is 10.8. The molecule has 0 rings (SSSR count). The summed E-state index contributed by atoms with van der Waals surface area (Å²) < 4.78 is 5.12. The van der Waals surface area contributed by atoms with Gasteiger partial charge in [0.15, 0.2) is 0 Å². The standard InChI is InChI=1S/C12H15ClO2/c1-3-9-15-10-7-5-6-8-11(4-2)12(13)14/h3-8H,1,9-10H2,2H3/b7-5-,8-6-,11-4+. The molecule has 0 aliphatic heterocycles. The number of allylic oxidation sites excluding steroid dienone is 5. The van der Waals surface area contributed by atoms with E-state index in [2.05, 4.69) is 6.58 Å². The SMILES string of the molecule is C=CCOC\C=C/C=C\C(=C/C)C(=O)Cl. The smallest absolute Gasteiger partial charge is 0.252 e. The van der Waals surface area contributed by atoms with Crippen LogP contribution in [0.5, 0.6) is 0 Å². The molecular formula is C12H15ClO2. The van der Waals surface area contributed by atoms with Crippen LogP contribution in [0.15, 0.2) is 48.6 Å². The Balaban J connectivity index is 3.87. The lowest BCUT2D eigenvalue weighted by atomic mass is 10.2. The fraction of sp³-hybridized carbons (Fsp3) is 0.250. The largest absolute Gasteiger partial charge is 0.373 e. The molecule has 0 radical (unpaired) electrons. The van der Waals surface area contributed by atoms with Crippen LogP contribution in [0.3, 0.4) is 0 Å². The molecule has 0 aromatic heterocycles. The molecule has 2 nitrogen and oxygen atoms in total. The Hall–Kier alpha value is -1.12. The number of carbonyl (C=O) groups is 1. The second kappa shape index (κ2) is 9.44. The van der Waals surface area contributed by atoms with Crippen molar-refractivity contribution in [3.05, 3.63) is 48.6 Å². The van der Waals surface area contributed by atoms with Gasteiger partial charge in [-0.2, -0.15) is 0 Å². The number of hydrogen-bond acceptors (Lipinski definition) is 2. The highest BCUT2D eigenvalue weighted by Crippen LogP contribution is 2.01. The lowest BCUT2D eigenvalue weighted by Crippen LogP contribution is -1.89. The molecule has 0 aliphatic rings. The van der Waals surface area contributed by atoms with E-state index in [1.807, 2.05) is 6.08 Å². The van der Waals surface area contributed by atoms with E-state index < -0.39 is 5.24 Å². The Kier molecular flexibility index (Phi) is 8.73. The summed E-state index contributed by atoms with van der Waals surface area (Å²) in [6, 6.07) is 0. The molecule has 0 bridgehead atoms. The minimum absolute atomic E-state index is 0.454. The molecule has 0 atom stereocenters. The van der Waals surface area contributed by atoms with Crippen LogP contribution in [-0.2, 0) is 9.53 Å². The highest BCUT2D eigenvalue weighted by atomic mass is 35.5. The summed E-state index contributed by atoms with van der Waals surface area (Å²) in [4.78, 5) is 10.8. The molecule has 0 aliphatic carbocycles. The average Bonchev–Trinajstić information content (AvgIpc) is 2.21. The van der Waals surface area contributed by atoms with E-state index in [-0.39, 0.29) is 0 Å². The van der Waals surface area contributed by atoms with Gasteiger partial charge in [0.25, 0.3) is 5.24 Å². The van der Waals surface area contributed by atoms with Crippen LogP contribution in [0.25, 0.3) is 0 Å². The lowest BCUT2D eigenvalue weighted by Gasteiger charge is -1.92. The van der Waals surface area contributed by atoms with Gasteiger partial charge in [-0.3, -0.25) is 4.79 Å². The number of ether oxygens (including phenoxy) is 1. The third-order valence-electron chi connectivity index (χ3n) is 1.51. The third-order valence-corrected chi connectivity index (χ3v) is 1.73. The zero-order valence-corrected chi connectivity index (χ0v) is 9.54. The van der Waals surface area contributed by atoms with Crippen molar-refractivity contribution in [3.8, 4) is 0 Å². The molecule has 0 heterocycles. The zero-order chi connectivity index (χ0) is 11.5. The van der Waals surface area contributed by atoms with Gasteiger partial charge in [-0.1, -0.05) is 36.5 Å². The van der Waals surface area contributed by atoms with E-state index in [0.29, 0.717) is 18.8 Å². The monoisotopic (exact) mass is 226 g/mol. The molecule has 0 N–H and O–H groups in total. The highest BCUT2D eigenvalue weighted by Gasteiger charge is 1.97. The Bertz CT molecular complexity index is 288. The number of halogens is 1. The van der Waals surface area contributed by atoms with Crippen molar-refractivity contribution >= 4 is 16.8 Å². The van der Waals surface area contributed by atoms with Gasteiger partial charge < -0.3 is 4.74 Å². The van der Waals surface area contributed by atoms with Crippen LogP contribution in [-0.4, -0.2) is 18.5 Å². The van der Waals surface area contributed by atoms with Crippen LogP contribution in [0, 0.1) is 0 Å². The maximum atomic E-state index is 10.8. The predicted octanol–water partition coefficient (Wildman–Crippen LogP) is 3.01. The molecule has 0 fully saturated rings. The summed E-state index contributed by atoms with van der Waals surface area (Å²) in [6.07, 6.45) is 10.4. The van der Waals surface area contributed by atoms with E-state index in [4.69, 9.17) is 16.3 Å². The topological polar surface area (TPSA) is 26.3 Å². The molecule has 3 heteroatoms. The van der Waals surface area contributed by atoms with Crippen molar-refractivity contribution in [2.75, 3.05) is 13.2 Å². The van der Waals surface area contributed by atoms with Gasteiger partial charge >= 0.3 is 0 Å². The van der Waals surface area contributed by atoms with E-state index in [0.717, 1.165) is 0 Å². The Morgan fingerprint density at radius 1 is 1.40 bits per heavy atom. The number of hydrogen-bond donors (Lipinski definition) is 0. The highest BCUT2D eigenvalue weighted by molar-refractivity contribution is 6.68. The molecule has 82 valence electrons. The van der Waals surface area contributed by atoms with Crippen LogP contribution in [0.1, 0.15) is 6.92 Å². The summed E-state index contributed by atoms with van der Waals surface area (Å²) in [6.45, 7) is 6.35. The summed E-state index contributed by atoms with van der Waals surface area (Å²) >= 11 is 5.31. The normalized spacial score (nSPS) is 12.5. The van der Waals surface area contributed by atoms with E-state index >= 15 is 0 Å². The van der Waals surface area contributed by atoms with Crippen LogP contribution >= 0.6 is 11.6 Å². The Morgan fingerprint density at radius 2 is 2.13 bits per heavy atom. The average molecular weight is 227 g/mol. The molecular weight excluding hydrogens is 212 g/mol. The van der Waals surface area contributed by atoms with Gasteiger partial charge in [-0.25, -0.2) is 0 Å². The predicted molar refractivity (Wildman–Crippen MR) is 63.9 cm³/mol. The van der Waals surface area contributed by atoms with E-state index in [1.54, 1.807) is 37.3 Å². The van der Waals surface area contributed by atoms with Gasteiger partial charge in [-0.05, 0) is 18.5 Å². The van der Waals surface area contributed by atoms with Crippen LogP contribution < -0.4 is 0 Å². The van der Waals surface area contributed by atoms with Gasteiger partial charge in [0, 0.05) is 5.57 Å². The minimum Gasteiger partial charge on any atom is -0.373 e. The van der Waals surface area contributed by atoms with Crippen molar-refractivity contribution in [3.63, 3.8) is 0 Å². The first kappa shape index (κ1) is 13.9. The van der Waals surface area contributed by atoms with Crippen molar-refractivity contribution in [1.82, 2.24) is 0 Å². The zero-order valence-electron chi connectivity index (χ0n) is 8.78. The van der Waals surface area contributed by atoms with Gasteiger partial charge in [0.1, 0.15) is 0 Å². The third kappa shape index (κ3) is 7.91. The van der Waals surface area contributed by atoms with E-state index in [1.165, 1.54) is 0 Å². The van der Waals surface area contributed by atoms with Crippen LogP contribution in [0.2, 0.25) is 0 Å². The summed E-state index contributed by atoms with van der Waals surface area (Å²) in [5, 5.41) is -0.454. The Morgan fingerprint density at radius 3 is 2.67 bits per heavy atom. The molecule has 0 spiro atoms. The Labute approximate surface area is 95.6 Å². The molecule has 0 unspecified atom stereocenters. The van der Waals surface area contributed by atoms with Crippen molar-refractivity contribution < 1.29 is 9.53 Å². The molecule has 0 aromatic carbocycles. The molecule has 15 heavy (non-hydrogen) atoms. The number of rotatable bonds is 7. The second-order valence-corrected chi connectivity index (χ2v) is 2.97. The minimum atomic E-state index is -0.454. The molecule has 0 amide bonds. The second-order valence-electron chi connectivity index (χ2n) is 2.63. The van der Waals surface area contributed by atoms with Crippen molar-refractivity contribution in [2.45, 2.75) is 6.92 Å².